The lowest BCUT2D eigenvalue weighted by molar-refractivity contribution is 0.102. The van der Waals surface area contributed by atoms with Crippen molar-refractivity contribution < 1.29 is 4.79 Å². The maximum absolute atomic E-state index is 12.3. The van der Waals surface area contributed by atoms with Crippen molar-refractivity contribution in [2.24, 2.45) is 0 Å². The SMILES string of the molecule is CCN(CC)c1ccc(Nc2ncc(C(=O)Nc3ccc(C)cc3)cn2)cc1. The molecule has 2 N–H and O–H groups in total. The minimum absolute atomic E-state index is 0.237. The van der Waals surface area contributed by atoms with Crippen LogP contribution < -0.4 is 15.5 Å². The van der Waals surface area contributed by atoms with Crippen LogP contribution in [0.25, 0.3) is 0 Å². The summed E-state index contributed by atoms with van der Waals surface area (Å²) in [4.78, 5) is 23.1. The first-order valence-electron chi connectivity index (χ1n) is 9.41. The Hall–Kier alpha value is -3.41. The highest BCUT2D eigenvalue weighted by Crippen LogP contribution is 2.19. The third kappa shape index (κ3) is 4.85. The maximum atomic E-state index is 12.3. The highest BCUT2D eigenvalue weighted by atomic mass is 16.1. The number of carbonyl (C=O) groups is 1. The molecule has 6 nitrogen and oxygen atoms in total. The number of benzene rings is 2. The molecular weight excluding hydrogens is 350 g/mol. The summed E-state index contributed by atoms with van der Waals surface area (Å²) in [5.41, 5.74) is 4.36. The quantitative estimate of drug-likeness (QED) is 0.630. The van der Waals surface area contributed by atoms with Gasteiger partial charge in [0.05, 0.1) is 5.56 Å². The largest absolute Gasteiger partial charge is 0.372 e. The predicted octanol–water partition coefficient (Wildman–Crippen LogP) is 4.63. The Bertz CT molecular complexity index is 901. The predicted molar refractivity (Wildman–Crippen MR) is 114 cm³/mol. The van der Waals surface area contributed by atoms with E-state index in [1.807, 2.05) is 43.3 Å². The Kier molecular flexibility index (Phi) is 6.22. The second-order valence-electron chi connectivity index (χ2n) is 6.46. The highest BCUT2D eigenvalue weighted by molar-refractivity contribution is 6.03. The minimum atomic E-state index is -0.237. The van der Waals surface area contributed by atoms with Crippen LogP contribution in [0, 0.1) is 6.92 Å². The second kappa shape index (κ2) is 8.99. The normalized spacial score (nSPS) is 10.4. The number of hydrogen-bond acceptors (Lipinski definition) is 5. The summed E-state index contributed by atoms with van der Waals surface area (Å²) in [5.74, 6) is 0.210. The molecule has 0 unspecified atom stereocenters. The van der Waals surface area contributed by atoms with Crippen LogP contribution in [0.5, 0.6) is 0 Å². The molecule has 2 aromatic carbocycles. The van der Waals surface area contributed by atoms with Crippen LogP contribution in [0.1, 0.15) is 29.8 Å². The van der Waals surface area contributed by atoms with E-state index >= 15 is 0 Å². The standard InChI is InChI=1S/C22H25N5O/c1-4-27(5-2)20-12-10-19(11-13-20)26-22-23-14-17(15-24-22)21(28)25-18-8-6-16(3)7-9-18/h6-15H,4-5H2,1-3H3,(H,25,28)(H,23,24,26). The van der Waals surface area contributed by atoms with Gasteiger partial charge in [-0.15, -0.1) is 0 Å². The van der Waals surface area contributed by atoms with E-state index in [1.54, 1.807) is 0 Å². The topological polar surface area (TPSA) is 70.2 Å². The molecule has 0 radical (unpaired) electrons. The zero-order valence-corrected chi connectivity index (χ0v) is 16.4. The summed E-state index contributed by atoms with van der Waals surface area (Å²) in [7, 11) is 0. The van der Waals surface area contributed by atoms with Gasteiger partial charge < -0.3 is 15.5 Å². The van der Waals surface area contributed by atoms with Gasteiger partial charge in [0.1, 0.15) is 0 Å². The van der Waals surface area contributed by atoms with Crippen LogP contribution >= 0.6 is 0 Å². The summed E-state index contributed by atoms with van der Waals surface area (Å²) in [6.45, 7) is 8.22. The average molecular weight is 375 g/mol. The summed E-state index contributed by atoms with van der Waals surface area (Å²) < 4.78 is 0. The van der Waals surface area contributed by atoms with Gasteiger partial charge in [0.2, 0.25) is 5.95 Å². The van der Waals surface area contributed by atoms with Crippen molar-refractivity contribution in [3.63, 3.8) is 0 Å². The number of hydrogen-bond donors (Lipinski definition) is 2. The van der Waals surface area contributed by atoms with Crippen LogP contribution in [0.2, 0.25) is 0 Å². The van der Waals surface area contributed by atoms with Crippen LogP contribution in [-0.4, -0.2) is 29.0 Å². The van der Waals surface area contributed by atoms with Gasteiger partial charge in [0.15, 0.2) is 0 Å². The number of carbonyl (C=O) groups excluding carboxylic acids is 1. The molecule has 0 aliphatic carbocycles. The van der Waals surface area contributed by atoms with Crippen molar-refractivity contribution in [3.05, 3.63) is 72.1 Å². The van der Waals surface area contributed by atoms with E-state index in [2.05, 4.69) is 51.5 Å². The van der Waals surface area contributed by atoms with Crippen molar-refractivity contribution in [3.8, 4) is 0 Å². The Balaban J connectivity index is 1.62. The number of nitrogens with zero attached hydrogens (tertiary/aromatic N) is 3. The maximum Gasteiger partial charge on any atom is 0.258 e. The molecule has 0 spiro atoms. The first-order chi connectivity index (χ1) is 13.6. The molecule has 6 heteroatoms. The van der Waals surface area contributed by atoms with Gasteiger partial charge >= 0.3 is 0 Å². The fraction of sp³-hybridized carbons (Fsp3) is 0.227. The van der Waals surface area contributed by atoms with Gasteiger partial charge in [-0.25, -0.2) is 9.97 Å². The van der Waals surface area contributed by atoms with Crippen molar-refractivity contribution >= 4 is 28.9 Å². The van der Waals surface area contributed by atoms with Gasteiger partial charge in [0.25, 0.3) is 5.91 Å². The van der Waals surface area contributed by atoms with E-state index in [-0.39, 0.29) is 5.91 Å². The lowest BCUT2D eigenvalue weighted by Crippen LogP contribution is -2.21. The first kappa shape index (κ1) is 19.4. The monoisotopic (exact) mass is 375 g/mol. The van der Waals surface area contributed by atoms with E-state index in [0.717, 1.165) is 30.0 Å². The second-order valence-corrected chi connectivity index (χ2v) is 6.46. The number of rotatable bonds is 7. The van der Waals surface area contributed by atoms with Gasteiger partial charge in [-0.1, -0.05) is 17.7 Å². The lowest BCUT2D eigenvalue weighted by atomic mass is 10.2. The molecule has 0 fully saturated rings. The summed E-state index contributed by atoms with van der Waals surface area (Å²) >= 11 is 0. The van der Waals surface area contributed by atoms with Crippen molar-refractivity contribution in [1.82, 2.24) is 9.97 Å². The van der Waals surface area contributed by atoms with E-state index in [9.17, 15) is 4.79 Å². The van der Waals surface area contributed by atoms with E-state index in [4.69, 9.17) is 0 Å². The van der Waals surface area contributed by atoms with Gasteiger partial charge in [0, 0.05) is 42.5 Å². The molecule has 1 aromatic heterocycles. The molecule has 3 aromatic rings. The Morgan fingerprint density at radius 1 is 0.893 bits per heavy atom. The smallest absolute Gasteiger partial charge is 0.258 e. The van der Waals surface area contributed by atoms with Gasteiger partial charge in [-0.2, -0.15) is 0 Å². The number of aromatic nitrogens is 2. The van der Waals surface area contributed by atoms with Gasteiger partial charge in [-0.05, 0) is 57.2 Å². The van der Waals surface area contributed by atoms with Crippen LogP contribution in [0.15, 0.2) is 60.9 Å². The molecule has 1 amide bonds. The number of amides is 1. The number of aryl methyl sites for hydroxylation is 1. The summed E-state index contributed by atoms with van der Waals surface area (Å²) in [6.07, 6.45) is 3.03. The van der Waals surface area contributed by atoms with Crippen molar-refractivity contribution in [2.75, 3.05) is 28.6 Å². The lowest BCUT2D eigenvalue weighted by Gasteiger charge is -2.21. The van der Waals surface area contributed by atoms with Crippen LogP contribution in [0.3, 0.4) is 0 Å². The number of nitrogens with one attached hydrogen (secondary N) is 2. The van der Waals surface area contributed by atoms with E-state index in [1.165, 1.54) is 18.1 Å². The molecule has 28 heavy (non-hydrogen) atoms. The average Bonchev–Trinajstić information content (AvgIpc) is 2.72. The van der Waals surface area contributed by atoms with E-state index < -0.39 is 0 Å². The molecule has 144 valence electrons. The molecule has 0 saturated carbocycles. The molecule has 0 aliphatic heterocycles. The Labute approximate surface area is 165 Å². The van der Waals surface area contributed by atoms with Crippen molar-refractivity contribution in [2.45, 2.75) is 20.8 Å². The fourth-order valence-corrected chi connectivity index (χ4v) is 2.82. The Morgan fingerprint density at radius 2 is 1.46 bits per heavy atom. The molecule has 1 heterocycles. The summed E-state index contributed by atoms with van der Waals surface area (Å²) in [6, 6.07) is 15.8. The third-order valence-corrected chi connectivity index (χ3v) is 4.48. The van der Waals surface area contributed by atoms with Gasteiger partial charge in [-0.3, -0.25) is 4.79 Å². The molecule has 3 rings (SSSR count). The van der Waals surface area contributed by atoms with Crippen LogP contribution in [0.4, 0.5) is 23.0 Å². The zero-order valence-electron chi connectivity index (χ0n) is 16.4. The van der Waals surface area contributed by atoms with Crippen LogP contribution in [-0.2, 0) is 0 Å². The van der Waals surface area contributed by atoms with Crippen molar-refractivity contribution in [1.29, 1.82) is 0 Å². The molecule has 0 atom stereocenters. The Morgan fingerprint density at radius 3 is 2.04 bits per heavy atom. The molecule has 0 bridgehead atoms. The molecule has 0 saturated heterocycles. The summed E-state index contributed by atoms with van der Waals surface area (Å²) in [5, 5.41) is 5.99. The highest BCUT2D eigenvalue weighted by Gasteiger charge is 2.08. The first-order valence-corrected chi connectivity index (χ1v) is 9.41. The fourth-order valence-electron chi connectivity index (χ4n) is 2.82. The van der Waals surface area contributed by atoms with E-state index in [0.29, 0.717) is 11.5 Å². The number of anilines is 4. The minimum Gasteiger partial charge on any atom is -0.372 e. The molecular formula is C22H25N5O. The zero-order chi connectivity index (χ0) is 19.9. The molecule has 0 aliphatic rings. The third-order valence-electron chi connectivity index (χ3n) is 4.48.